The Hall–Kier alpha value is -2.86. The van der Waals surface area contributed by atoms with Gasteiger partial charge in [-0.2, -0.15) is 0 Å². The van der Waals surface area contributed by atoms with Crippen LogP contribution in [0.5, 0.6) is 0 Å². The summed E-state index contributed by atoms with van der Waals surface area (Å²) >= 11 is 1.64. The number of rotatable bonds is 6. The van der Waals surface area contributed by atoms with E-state index in [4.69, 9.17) is 15.5 Å². The number of carbonyl (C=O) groups excluding carboxylic acids is 3. The molecule has 4 fully saturated rings. The molecule has 0 spiro atoms. The van der Waals surface area contributed by atoms with Crippen molar-refractivity contribution < 1.29 is 19.1 Å². The minimum absolute atomic E-state index is 0.0184. The molecule has 3 saturated heterocycles. The standard InChI is InChI=1S/C28H36N6O4S/c1-32-10-12-33(13-11-32)28-30-21(16-39-28)17-6-8-19(9-7-17)26(36)31-23(18-4-2-3-5-18)27(37)34-14-20(29)25-24(34)22(35)15-38-25/h6-9,16,18,20,23-25H,2-5,10-15,29H2,1H3,(H,31,36)/t20-,23-,24+,25+/m0/s1. The average Bonchev–Trinajstić information content (AvgIpc) is 3.75. The predicted octanol–water partition coefficient (Wildman–Crippen LogP) is 1.36. The highest BCUT2D eigenvalue weighted by molar-refractivity contribution is 7.14. The Morgan fingerprint density at radius 1 is 1.13 bits per heavy atom. The fourth-order valence-corrected chi connectivity index (χ4v) is 7.21. The lowest BCUT2D eigenvalue weighted by Crippen LogP contribution is -2.54. The molecule has 2 amide bonds. The highest BCUT2D eigenvalue weighted by Crippen LogP contribution is 2.33. The molecular weight excluding hydrogens is 516 g/mol. The first-order chi connectivity index (χ1) is 18.9. The van der Waals surface area contributed by atoms with Gasteiger partial charge in [-0.1, -0.05) is 25.0 Å². The van der Waals surface area contributed by atoms with Gasteiger partial charge in [-0.3, -0.25) is 14.4 Å². The fourth-order valence-electron chi connectivity index (χ4n) is 6.33. The summed E-state index contributed by atoms with van der Waals surface area (Å²) in [5, 5.41) is 6.10. The number of nitrogens with two attached hydrogens (primary N) is 1. The van der Waals surface area contributed by atoms with Crippen molar-refractivity contribution in [1.82, 2.24) is 20.1 Å². The SMILES string of the molecule is CN1CCN(c2nc(-c3ccc(C(=O)N[C@H](C(=O)N4C[C@H](N)[C@H]5OCC(=O)[C@H]54)C4CCCC4)cc3)cs2)CC1. The molecule has 4 aliphatic rings. The van der Waals surface area contributed by atoms with Crippen LogP contribution in [0.15, 0.2) is 29.6 Å². The van der Waals surface area contributed by atoms with E-state index in [0.29, 0.717) is 5.56 Å². The number of piperazine rings is 1. The van der Waals surface area contributed by atoms with Gasteiger partial charge in [0.1, 0.15) is 24.8 Å². The Morgan fingerprint density at radius 2 is 1.85 bits per heavy atom. The summed E-state index contributed by atoms with van der Waals surface area (Å²) in [6.07, 6.45) is 3.32. The van der Waals surface area contributed by atoms with Crippen LogP contribution in [0.4, 0.5) is 5.13 Å². The molecule has 6 rings (SSSR count). The van der Waals surface area contributed by atoms with Gasteiger partial charge >= 0.3 is 0 Å². The molecule has 4 heterocycles. The van der Waals surface area contributed by atoms with E-state index in [1.165, 1.54) is 0 Å². The number of ether oxygens (including phenoxy) is 1. The maximum Gasteiger partial charge on any atom is 0.251 e. The second-order valence-corrected chi connectivity index (χ2v) is 12.1. The summed E-state index contributed by atoms with van der Waals surface area (Å²) < 4.78 is 5.56. The van der Waals surface area contributed by atoms with Crippen molar-refractivity contribution in [2.24, 2.45) is 11.7 Å². The molecule has 39 heavy (non-hydrogen) atoms. The summed E-state index contributed by atoms with van der Waals surface area (Å²) in [4.78, 5) is 50.6. The van der Waals surface area contributed by atoms with Gasteiger partial charge in [-0.25, -0.2) is 4.98 Å². The maximum absolute atomic E-state index is 13.8. The zero-order valence-electron chi connectivity index (χ0n) is 22.3. The number of carbonyl (C=O) groups is 3. The first-order valence-electron chi connectivity index (χ1n) is 13.9. The second-order valence-electron chi connectivity index (χ2n) is 11.2. The summed E-state index contributed by atoms with van der Waals surface area (Å²) in [5.74, 6) is -0.604. The first kappa shape index (κ1) is 26.4. The Bertz CT molecular complexity index is 1220. The highest BCUT2D eigenvalue weighted by Gasteiger charge is 2.52. The van der Waals surface area contributed by atoms with Crippen molar-refractivity contribution in [2.75, 3.05) is 51.3 Å². The van der Waals surface area contributed by atoms with E-state index in [1.54, 1.807) is 28.4 Å². The summed E-state index contributed by atoms with van der Waals surface area (Å²) in [6, 6.07) is 5.63. The Morgan fingerprint density at radius 3 is 2.56 bits per heavy atom. The van der Waals surface area contributed by atoms with Gasteiger partial charge in [0.25, 0.3) is 5.91 Å². The first-order valence-corrected chi connectivity index (χ1v) is 14.8. The minimum atomic E-state index is -0.691. The van der Waals surface area contributed by atoms with Gasteiger partial charge in [0.2, 0.25) is 5.91 Å². The van der Waals surface area contributed by atoms with Crippen molar-refractivity contribution in [3.8, 4) is 11.3 Å². The van der Waals surface area contributed by atoms with Crippen molar-refractivity contribution >= 4 is 34.1 Å². The lowest BCUT2D eigenvalue weighted by atomic mass is 9.95. The number of hydrogen-bond acceptors (Lipinski definition) is 9. The van der Waals surface area contributed by atoms with Crippen LogP contribution in [0.3, 0.4) is 0 Å². The third-order valence-electron chi connectivity index (χ3n) is 8.64. The van der Waals surface area contributed by atoms with E-state index >= 15 is 0 Å². The van der Waals surface area contributed by atoms with Crippen LogP contribution in [-0.2, 0) is 14.3 Å². The molecule has 1 aromatic carbocycles. The number of likely N-dealkylation sites (tertiary alicyclic amines) is 1. The van der Waals surface area contributed by atoms with Gasteiger partial charge < -0.3 is 30.5 Å². The number of fused-ring (bicyclic) bond motifs is 1. The molecule has 2 aromatic rings. The summed E-state index contributed by atoms with van der Waals surface area (Å²) in [7, 11) is 2.14. The molecule has 0 radical (unpaired) electrons. The number of anilines is 1. The van der Waals surface area contributed by atoms with Crippen LogP contribution in [0.2, 0.25) is 0 Å². The molecule has 3 N–H and O–H groups in total. The number of nitrogens with zero attached hydrogens (tertiary/aromatic N) is 4. The summed E-state index contributed by atoms with van der Waals surface area (Å²) in [5.41, 5.74) is 8.53. The fraction of sp³-hybridized carbons (Fsp3) is 0.571. The minimum Gasteiger partial charge on any atom is -0.366 e. The lowest BCUT2D eigenvalue weighted by molar-refractivity contribution is -0.139. The molecule has 0 bridgehead atoms. The van der Waals surface area contributed by atoms with Crippen LogP contribution >= 0.6 is 11.3 Å². The Balaban J connectivity index is 1.15. The van der Waals surface area contributed by atoms with Gasteiger partial charge in [-0.15, -0.1) is 11.3 Å². The van der Waals surface area contributed by atoms with Crippen LogP contribution in [0.1, 0.15) is 36.0 Å². The summed E-state index contributed by atoms with van der Waals surface area (Å²) in [6.45, 7) is 4.23. The zero-order chi connectivity index (χ0) is 27.1. The monoisotopic (exact) mass is 552 g/mol. The van der Waals surface area contributed by atoms with Gasteiger partial charge in [0, 0.05) is 49.2 Å². The Kier molecular flexibility index (Phi) is 7.41. The number of likely N-dealkylation sites (N-methyl/N-ethyl adjacent to an activating group) is 1. The van der Waals surface area contributed by atoms with E-state index < -0.39 is 24.2 Å². The normalized spacial score (nSPS) is 26.7. The molecule has 1 aliphatic carbocycles. The predicted molar refractivity (Wildman–Crippen MR) is 149 cm³/mol. The van der Waals surface area contributed by atoms with Crippen LogP contribution in [0, 0.1) is 5.92 Å². The molecule has 4 atom stereocenters. The van der Waals surface area contributed by atoms with Crippen molar-refractivity contribution in [3.05, 3.63) is 35.2 Å². The number of hydrogen-bond donors (Lipinski definition) is 2. The molecule has 11 heteroatoms. The quantitative estimate of drug-likeness (QED) is 0.551. The number of amides is 2. The highest BCUT2D eigenvalue weighted by atomic mass is 32.1. The molecule has 10 nitrogen and oxygen atoms in total. The molecule has 208 valence electrons. The number of ketones is 1. The van der Waals surface area contributed by atoms with Crippen LogP contribution in [-0.4, -0.2) is 103 Å². The van der Waals surface area contributed by atoms with Gasteiger partial charge in [0.05, 0.1) is 11.7 Å². The number of aromatic nitrogens is 1. The molecule has 3 aliphatic heterocycles. The molecule has 1 aromatic heterocycles. The topological polar surface area (TPSA) is 121 Å². The third-order valence-corrected chi connectivity index (χ3v) is 9.54. The van der Waals surface area contributed by atoms with Crippen molar-refractivity contribution in [2.45, 2.75) is 49.9 Å². The van der Waals surface area contributed by atoms with E-state index in [1.807, 2.05) is 12.1 Å². The second kappa shape index (κ2) is 11.0. The average molecular weight is 553 g/mol. The lowest BCUT2D eigenvalue weighted by Gasteiger charge is -2.32. The number of nitrogens with one attached hydrogen (secondary N) is 1. The Labute approximate surface area is 232 Å². The third kappa shape index (κ3) is 5.20. The molecule has 0 unspecified atom stereocenters. The largest absolute Gasteiger partial charge is 0.366 e. The van der Waals surface area contributed by atoms with Gasteiger partial charge in [0.15, 0.2) is 10.9 Å². The number of benzene rings is 1. The zero-order valence-corrected chi connectivity index (χ0v) is 23.1. The van der Waals surface area contributed by atoms with Crippen LogP contribution < -0.4 is 16.0 Å². The maximum atomic E-state index is 13.8. The number of Topliss-reactive ketones (excluding diaryl/α,β-unsaturated/α-hetero) is 1. The molecule has 1 saturated carbocycles. The van der Waals surface area contributed by atoms with Crippen molar-refractivity contribution in [1.29, 1.82) is 0 Å². The van der Waals surface area contributed by atoms with E-state index in [2.05, 4.69) is 27.5 Å². The molecular formula is C28H36N6O4S. The number of thiazole rings is 1. The van der Waals surface area contributed by atoms with Crippen molar-refractivity contribution in [3.63, 3.8) is 0 Å². The van der Waals surface area contributed by atoms with Crippen LogP contribution in [0.25, 0.3) is 11.3 Å². The van der Waals surface area contributed by atoms with E-state index in [9.17, 15) is 14.4 Å². The van der Waals surface area contributed by atoms with Gasteiger partial charge in [-0.05, 0) is 37.9 Å². The van der Waals surface area contributed by atoms with E-state index in [0.717, 1.165) is 68.3 Å². The smallest absolute Gasteiger partial charge is 0.251 e. The van der Waals surface area contributed by atoms with E-state index in [-0.39, 0.29) is 36.7 Å².